The van der Waals surface area contributed by atoms with E-state index in [0.717, 1.165) is 29.6 Å². The lowest BCUT2D eigenvalue weighted by Crippen LogP contribution is -2.32. The Bertz CT molecular complexity index is 642. The molecule has 0 aliphatic carbocycles. The van der Waals surface area contributed by atoms with E-state index in [1.807, 2.05) is 0 Å². The van der Waals surface area contributed by atoms with Crippen molar-refractivity contribution in [2.45, 2.75) is 4.90 Å². The van der Waals surface area contributed by atoms with E-state index in [1.165, 1.54) is 7.05 Å². The average molecular weight is 322 g/mol. The molecular formula is C11H12ClNO6S. The number of aromatic carboxylic acids is 1. The molecule has 0 spiro atoms. The van der Waals surface area contributed by atoms with Gasteiger partial charge in [-0.05, 0) is 18.2 Å². The predicted molar refractivity (Wildman–Crippen MR) is 70.2 cm³/mol. The van der Waals surface area contributed by atoms with Crippen LogP contribution in [0.1, 0.15) is 10.4 Å². The Morgan fingerprint density at radius 2 is 2.00 bits per heavy atom. The molecule has 1 aromatic carbocycles. The minimum Gasteiger partial charge on any atom is -0.478 e. The maximum Gasteiger partial charge on any atom is 0.337 e. The van der Waals surface area contributed by atoms with Crippen molar-refractivity contribution >= 4 is 33.6 Å². The smallest absolute Gasteiger partial charge is 0.337 e. The molecule has 0 saturated heterocycles. The van der Waals surface area contributed by atoms with Gasteiger partial charge in [0.25, 0.3) is 0 Å². The molecule has 0 amide bonds. The Morgan fingerprint density at radius 3 is 2.45 bits per heavy atom. The number of benzene rings is 1. The van der Waals surface area contributed by atoms with Crippen molar-refractivity contribution in [3.63, 3.8) is 0 Å². The molecule has 1 aromatic rings. The average Bonchev–Trinajstić information content (AvgIpc) is 2.37. The zero-order chi connectivity index (χ0) is 15.5. The van der Waals surface area contributed by atoms with E-state index in [4.69, 9.17) is 16.7 Å². The maximum absolute atomic E-state index is 12.1. The second-order valence-electron chi connectivity index (χ2n) is 3.78. The number of hydrogen-bond acceptors (Lipinski definition) is 5. The number of rotatable bonds is 5. The Kier molecular flexibility index (Phi) is 5.09. The quantitative estimate of drug-likeness (QED) is 0.806. The summed E-state index contributed by atoms with van der Waals surface area (Å²) in [6, 6.07) is 3.22. The van der Waals surface area contributed by atoms with Crippen LogP contribution in [0.5, 0.6) is 0 Å². The third kappa shape index (κ3) is 3.47. The Balaban J connectivity index is 3.13. The van der Waals surface area contributed by atoms with E-state index >= 15 is 0 Å². The van der Waals surface area contributed by atoms with Crippen molar-refractivity contribution in [1.29, 1.82) is 0 Å². The van der Waals surface area contributed by atoms with E-state index in [9.17, 15) is 18.0 Å². The standard InChI is InChI=1S/C11H12ClNO6S/c1-13(6-10(14)19-2)20(17,18)7-3-4-8(11(15)16)9(12)5-7/h3-5H,6H2,1-2H3,(H,15,16). The number of nitrogens with zero attached hydrogens (tertiary/aromatic N) is 1. The van der Waals surface area contributed by atoms with E-state index in [2.05, 4.69) is 4.74 Å². The minimum atomic E-state index is -3.95. The third-order valence-electron chi connectivity index (χ3n) is 2.46. The number of carboxylic acid groups (broad SMARTS) is 1. The van der Waals surface area contributed by atoms with Gasteiger partial charge in [-0.15, -0.1) is 0 Å². The van der Waals surface area contributed by atoms with Crippen molar-refractivity contribution in [2.24, 2.45) is 0 Å². The fourth-order valence-electron chi connectivity index (χ4n) is 1.34. The number of likely N-dealkylation sites (N-methyl/N-ethyl adjacent to an activating group) is 1. The van der Waals surface area contributed by atoms with Gasteiger partial charge in [0, 0.05) is 7.05 Å². The highest BCUT2D eigenvalue weighted by Gasteiger charge is 2.24. The number of halogens is 1. The van der Waals surface area contributed by atoms with Gasteiger partial charge in [-0.1, -0.05) is 11.6 Å². The van der Waals surface area contributed by atoms with Gasteiger partial charge in [-0.25, -0.2) is 13.2 Å². The monoisotopic (exact) mass is 321 g/mol. The van der Waals surface area contributed by atoms with Crippen LogP contribution in [0.3, 0.4) is 0 Å². The number of methoxy groups -OCH3 is 1. The third-order valence-corrected chi connectivity index (χ3v) is 4.57. The van der Waals surface area contributed by atoms with Crippen LogP contribution in [-0.2, 0) is 19.6 Å². The molecule has 0 radical (unpaired) electrons. The van der Waals surface area contributed by atoms with E-state index in [0.29, 0.717) is 0 Å². The Morgan fingerprint density at radius 1 is 1.40 bits per heavy atom. The summed E-state index contributed by atoms with van der Waals surface area (Å²) in [5.74, 6) is -1.98. The van der Waals surface area contributed by atoms with Crippen molar-refractivity contribution in [3.8, 4) is 0 Å². The van der Waals surface area contributed by atoms with Gasteiger partial charge in [0.15, 0.2) is 0 Å². The summed E-state index contributed by atoms with van der Waals surface area (Å²) in [5.41, 5.74) is -0.207. The predicted octanol–water partition coefficient (Wildman–Crippen LogP) is 0.832. The first-order chi connectivity index (χ1) is 9.20. The molecule has 110 valence electrons. The fourth-order valence-corrected chi connectivity index (χ4v) is 2.81. The number of carbonyl (C=O) groups excluding carboxylic acids is 1. The minimum absolute atomic E-state index is 0.204. The van der Waals surface area contributed by atoms with Gasteiger partial charge < -0.3 is 9.84 Å². The number of sulfonamides is 1. The highest BCUT2D eigenvalue weighted by atomic mass is 35.5. The van der Waals surface area contributed by atoms with Gasteiger partial charge in [0.1, 0.15) is 6.54 Å². The van der Waals surface area contributed by atoms with Crippen LogP contribution in [0.4, 0.5) is 0 Å². The lowest BCUT2D eigenvalue weighted by atomic mass is 10.2. The first-order valence-electron chi connectivity index (χ1n) is 5.26. The first kappa shape index (κ1) is 16.4. The summed E-state index contributed by atoms with van der Waals surface area (Å²) in [4.78, 5) is 21.7. The SMILES string of the molecule is COC(=O)CN(C)S(=O)(=O)c1ccc(C(=O)O)c(Cl)c1. The molecule has 9 heteroatoms. The van der Waals surface area contributed by atoms with Crippen LogP contribution in [0.25, 0.3) is 0 Å². The van der Waals surface area contributed by atoms with Crippen molar-refractivity contribution < 1.29 is 27.9 Å². The highest BCUT2D eigenvalue weighted by Crippen LogP contribution is 2.22. The fraction of sp³-hybridized carbons (Fsp3) is 0.273. The van der Waals surface area contributed by atoms with Crippen molar-refractivity contribution in [2.75, 3.05) is 20.7 Å². The summed E-state index contributed by atoms with van der Waals surface area (Å²) < 4.78 is 29.4. The van der Waals surface area contributed by atoms with Gasteiger partial charge in [-0.2, -0.15) is 4.31 Å². The molecule has 7 nitrogen and oxygen atoms in total. The normalized spacial score (nSPS) is 11.4. The Labute approximate surface area is 120 Å². The lowest BCUT2D eigenvalue weighted by molar-refractivity contribution is -0.140. The van der Waals surface area contributed by atoms with Crippen molar-refractivity contribution in [3.05, 3.63) is 28.8 Å². The zero-order valence-corrected chi connectivity index (χ0v) is 12.2. The molecule has 0 unspecified atom stereocenters. The van der Waals surface area contributed by atoms with E-state index < -0.39 is 28.5 Å². The van der Waals surface area contributed by atoms with Crippen LogP contribution in [0, 0.1) is 0 Å². The number of esters is 1. The van der Waals surface area contributed by atoms with Crippen LogP contribution in [-0.4, -0.2) is 50.5 Å². The molecule has 0 atom stereocenters. The molecule has 1 rings (SSSR count). The molecule has 0 saturated carbocycles. The molecule has 0 aliphatic rings. The highest BCUT2D eigenvalue weighted by molar-refractivity contribution is 7.89. The molecule has 0 heterocycles. The van der Waals surface area contributed by atoms with E-state index in [1.54, 1.807) is 0 Å². The molecule has 0 aromatic heterocycles. The van der Waals surface area contributed by atoms with E-state index in [-0.39, 0.29) is 15.5 Å². The van der Waals surface area contributed by atoms with Gasteiger partial charge in [-0.3, -0.25) is 4.79 Å². The second-order valence-corrected chi connectivity index (χ2v) is 6.24. The molecule has 1 N–H and O–H groups in total. The summed E-state index contributed by atoms with van der Waals surface area (Å²) in [7, 11) is -1.61. The Hall–Kier alpha value is -1.64. The van der Waals surface area contributed by atoms with Crippen LogP contribution in [0.2, 0.25) is 5.02 Å². The topological polar surface area (TPSA) is 101 Å². The number of ether oxygens (including phenoxy) is 1. The summed E-state index contributed by atoms with van der Waals surface area (Å²) >= 11 is 5.71. The van der Waals surface area contributed by atoms with Crippen LogP contribution >= 0.6 is 11.6 Å². The lowest BCUT2D eigenvalue weighted by Gasteiger charge is -2.16. The molecule has 0 fully saturated rings. The van der Waals surface area contributed by atoms with Crippen molar-refractivity contribution in [1.82, 2.24) is 4.31 Å². The molecule has 0 bridgehead atoms. The van der Waals surface area contributed by atoms with Gasteiger partial charge >= 0.3 is 11.9 Å². The first-order valence-corrected chi connectivity index (χ1v) is 7.08. The van der Waals surface area contributed by atoms with Gasteiger partial charge in [0.2, 0.25) is 10.0 Å². The number of carboxylic acids is 1. The molecular weight excluding hydrogens is 310 g/mol. The van der Waals surface area contributed by atoms with Gasteiger partial charge in [0.05, 0.1) is 22.6 Å². The van der Waals surface area contributed by atoms with Crippen LogP contribution < -0.4 is 0 Å². The number of hydrogen-bond donors (Lipinski definition) is 1. The second kappa shape index (κ2) is 6.21. The largest absolute Gasteiger partial charge is 0.478 e. The summed E-state index contributed by atoms with van der Waals surface area (Å²) in [6.07, 6.45) is 0. The van der Waals surface area contributed by atoms with Crippen LogP contribution in [0.15, 0.2) is 23.1 Å². The molecule has 20 heavy (non-hydrogen) atoms. The summed E-state index contributed by atoms with van der Waals surface area (Å²) in [6.45, 7) is -0.461. The zero-order valence-electron chi connectivity index (χ0n) is 10.7. The maximum atomic E-state index is 12.1. The number of carbonyl (C=O) groups is 2. The summed E-state index contributed by atoms with van der Waals surface area (Å²) in [5, 5.41) is 8.61. The molecule has 0 aliphatic heterocycles.